The number of oxime groups is 1. The Hall–Kier alpha value is -3.32. The van der Waals surface area contributed by atoms with E-state index >= 15 is 0 Å². The van der Waals surface area contributed by atoms with E-state index in [-0.39, 0.29) is 18.2 Å². The molecular weight excluding hydrogens is 380 g/mol. The highest BCUT2D eigenvalue weighted by Gasteiger charge is 2.17. The lowest BCUT2D eigenvalue weighted by atomic mass is 10.0. The van der Waals surface area contributed by atoms with Gasteiger partial charge >= 0.3 is 0 Å². The first-order valence-electron chi connectivity index (χ1n) is 8.48. The number of hydrogen-bond donors (Lipinski definition) is 1. The molecule has 1 N–H and O–H groups in total. The number of hydrogen-bond acceptors (Lipinski definition) is 5. The van der Waals surface area contributed by atoms with Crippen LogP contribution in [-0.2, 0) is 16.2 Å². The average Bonchev–Trinajstić information content (AvgIpc) is 3.20. The molecule has 0 unspecified atom stereocenters. The average molecular weight is 399 g/mol. The maximum Gasteiger partial charge on any atom is 0.273 e. The summed E-state index contributed by atoms with van der Waals surface area (Å²) < 4.78 is 7.51. The zero-order chi connectivity index (χ0) is 19.9. The molecule has 1 aromatic heterocycles. The maximum absolute atomic E-state index is 12.1. The first-order chi connectivity index (χ1) is 13.6. The van der Waals surface area contributed by atoms with E-state index in [1.807, 2.05) is 30.3 Å². The number of nitrogens with one attached hydrogen (secondary N) is 1. The second kappa shape index (κ2) is 9.05. The molecule has 0 saturated heterocycles. The van der Waals surface area contributed by atoms with Gasteiger partial charge in [0.15, 0.2) is 5.71 Å². The minimum Gasteiger partial charge on any atom is -0.472 e. The summed E-state index contributed by atoms with van der Waals surface area (Å²) in [7, 11) is 2.93. The highest BCUT2D eigenvalue weighted by molar-refractivity contribution is 6.45. The molecule has 3 aromatic rings. The van der Waals surface area contributed by atoms with Crippen LogP contribution in [0.1, 0.15) is 11.1 Å². The van der Waals surface area contributed by atoms with E-state index in [0.717, 1.165) is 11.3 Å². The van der Waals surface area contributed by atoms with Crippen molar-refractivity contribution in [1.29, 1.82) is 0 Å². The molecule has 0 aliphatic rings. The summed E-state index contributed by atoms with van der Waals surface area (Å²) in [6.07, 6.45) is 1.80. The summed E-state index contributed by atoms with van der Waals surface area (Å²) in [5.41, 5.74) is 2.45. The Morgan fingerprint density at radius 1 is 1.18 bits per heavy atom. The highest BCUT2D eigenvalue weighted by atomic mass is 35.5. The van der Waals surface area contributed by atoms with E-state index < -0.39 is 0 Å². The molecule has 0 radical (unpaired) electrons. The third-order valence-corrected chi connectivity index (χ3v) is 4.18. The summed E-state index contributed by atoms with van der Waals surface area (Å²) in [6.45, 7) is 0.216. The van der Waals surface area contributed by atoms with Crippen molar-refractivity contribution in [1.82, 2.24) is 15.1 Å². The van der Waals surface area contributed by atoms with Crippen molar-refractivity contribution in [2.75, 3.05) is 14.2 Å². The maximum atomic E-state index is 12.1. The number of halogens is 1. The van der Waals surface area contributed by atoms with Crippen LogP contribution in [0.4, 0.5) is 0 Å². The van der Waals surface area contributed by atoms with Gasteiger partial charge in [0.2, 0.25) is 5.88 Å². The zero-order valence-electron chi connectivity index (χ0n) is 15.4. The SMILES string of the molecule is CNC(=O)/C(=N/OC)c1ccccc1COc1ccn(-c2ccc(Cl)cc2)n1. The Bertz CT molecular complexity index is 983. The first kappa shape index (κ1) is 19.4. The Morgan fingerprint density at radius 2 is 1.93 bits per heavy atom. The van der Waals surface area contributed by atoms with Crippen molar-refractivity contribution in [2.45, 2.75) is 6.61 Å². The smallest absolute Gasteiger partial charge is 0.273 e. The molecule has 0 aliphatic heterocycles. The normalized spacial score (nSPS) is 11.2. The van der Waals surface area contributed by atoms with Crippen molar-refractivity contribution in [2.24, 2.45) is 5.16 Å². The van der Waals surface area contributed by atoms with E-state index in [1.54, 1.807) is 35.1 Å². The van der Waals surface area contributed by atoms with E-state index in [1.165, 1.54) is 14.2 Å². The lowest BCUT2D eigenvalue weighted by Gasteiger charge is -2.11. The van der Waals surface area contributed by atoms with Crippen molar-refractivity contribution in [3.05, 3.63) is 76.9 Å². The summed E-state index contributed by atoms with van der Waals surface area (Å²) in [5, 5.41) is 11.5. The number of benzene rings is 2. The second-order valence-electron chi connectivity index (χ2n) is 5.72. The summed E-state index contributed by atoms with van der Waals surface area (Å²) in [4.78, 5) is 16.9. The number of nitrogens with zero attached hydrogens (tertiary/aromatic N) is 3. The van der Waals surface area contributed by atoms with Crippen LogP contribution in [0.2, 0.25) is 5.02 Å². The van der Waals surface area contributed by atoms with Crippen LogP contribution in [0, 0.1) is 0 Å². The Labute approximate surface area is 167 Å². The van der Waals surface area contributed by atoms with Crippen molar-refractivity contribution < 1.29 is 14.4 Å². The van der Waals surface area contributed by atoms with Gasteiger partial charge in [0.1, 0.15) is 13.7 Å². The van der Waals surface area contributed by atoms with Crippen LogP contribution in [0.15, 0.2) is 65.9 Å². The lowest BCUT2D eigenvalue weighted by Crippen LogP contribution is -2.29. The van der Waals surface area contributed by atoms with E-state index in [0.29, 0.717) is 16.5 Å². The predicted octanol–water partition coefficient (Wildman–Crippen LogP) is 3.20. The minimum atomic E-state index is -0.346. The number of carbonyl (C=O) groups excluding carboxylic acids is 1. The Kier molecular flexibility index (Phi) is 6.29. The molecule has 0 atom stereocenters. The van der Waals surface area contributed by atoms with Gasteiger partial charge in [0, 0.05) is 29.9 Å². The zero-order valence-corrected chi connectivity index (χ0v) is 16.2. The molecule has 28 heavy (non-hydrogen) atoms. The monoisotopic (exact) mass is 398 g/mol. The number of amides is 1. The molecule has 3 rings (SSSR count). The van der Waals surface area contributed by atoms with Gasteiger partial charge in [-0.25, -0.2) is 4.68 Å². The van der Waals surface area contributed by atoms with Gasteiger partial charge in [0.25, 0.3) is 5.91 Å². The van der Waals surface area contributed by atoms with Gasteiger partial charge in [-0.15, -0.1) is 5.10 Å². The largest absolute Gasteiger partial charge is 0.472 e. The quantitative estimate of drug-likeness (QED) is 0.489. The standard InChI is InChI=1S/C20H19ClN4O3/c1-22-20(26)19(24-27-2)17-6-4-3-5-14(17)13-28-18-11-12-25(23-18)16-9-7-15(21)8-10-16/h3-12H,13H2,1-2H3,(H,22,26)/b24-19+. The third kappa shape index (κ3) is 4.50. The molecule has 0 bridgehead atoms. The molecule has 0 fully saturated rings. The second-order valence-corrected chi connectivity index (χ2v) is 6.16. The molecule has 1 heterocycles. The minimum absolute atomic E-state index is 0.177. The van der Waals surface area contributed by atoms with Crippen molar-refractivity contribution in [3.63, 3.8) is 0 Å². The Morgan fingerprint density at radius 3 is 2.64 bits per heavy atom. The summed E-state index contributed by atoms with van der Waals surface area (Å²) in [5.74, 6) is 0.108. The predicted molar refractivity (Wildman–Crippen MR) is 107 cm³/mol. The molecule has 0 aliphatic carbocycles. The van der Waals surface area contributed by atoms with Gasteiger partial charge in [-0.3, -0.25) is 4.79 Å². The number of likely N-dealkylation sites (N-methyl/N-ethyl adjacent to an activating group) is 1. The van der Waals surface area contributed by atoms with E-state index in [4.69, 9.17) is 21.2 Å². The highest BCUT2D eigenvalue weighted by Crippen LogP contribution is 2.18. The first-order valence-corrected chi connectivity index (χ1v) is 8.86. The fourth-order valence-corrected chi connectivity index (χ4v) is 2.70. The molecule has 2 aromatic carbocycles. The van der Waals surface area contributed by atoms with Crippen LogP contribution in [0.25, 0.3) is 5.69 Å². The lowest BCUT2D eigenvalue weighted by molar-refractivity contribution is -0.114. The number of rotatable bonds is 7. The number of aromatic nitrogens is 2. The van der Waals surface area contributed by atoms with Gasteiger partial charge in [-0.1, -0.05) is 41.0 Å². The molecule has 7 nitrogen and oxygen atoms in total. The molecule has 8 heteroatoms. The summed E-state index contributed by atoms with van der Waals surface area (Å²) >= 11 is 5.92. The number of carbonyl (C=O) groups is 1. The van der Waals surface area contributed by atoms with Crippen LogP contribution >= 0.6 is 11.6 Å². The van der Waals surface area contributed by atoms with Gasteiger partial charge in [-0.2, -0.15) is 0 Å². The van der Waals surface area contributed by atoms with Crippen LogP contribution < -0.4 is 10.1 Å². The van der Waals surface area contributed by atoms with Gasteiger partial charge < -0.3 is 14.9 Å². The summed E-state index contributed by atoms with van der Waals surface area (Å²) in [6, 6.07) is 16.4. The van der Waals surface area contributed by atoms with Gasteiger partial charge in [0.05, 0.1) is 5.69 Å². The topological polar surface area (TPSA) is 77.7 Å². The van der Waals surface area contributed by atoms with Gasteiger partial charge in [-0.05, 0) is 29.8 Å². The fraction of sp³-hybridized carbons (Fsp3) is 0.150. The van der Waals surface area contributed by atoms with Crippen LogP contribution in [-0.4, -0.2) is 35.6 Å². The molecule has 0 saturated carbocycles. The fourth-order valence-electron chi connectivity index (χ4n) is 2.57. The van der Waals surface area contributed by atoms with Crippen LogP contribution in [0.5, 0.6) is 5.88 Å². The van der Waals surface area contributed by atoms with Crippen LogP contribution in [0.3, 0.4) is 0 Å². The molecule has 1 amide bonds. The number of ether oxygens (including phenoxy) is 1. The third-order valence-electron chi connectivity index (χ3n) is 3.93. The molecule has 0 spiro atoms. The molecular formula is C20H19ClN4O3. The van der Waals surface area contributed by atoms with Crippen molar-refractivity contribution in [3.8, 4) is 11.6 Å². The Balaban J connectivity index is 1.78. The van der Waals surface area contributed by atoms with E-state index in [9.17, 15) is 4.79 Å². The van der Waals surface area contributed by atoms with E-state index in [2.05, 4.69) is 15.6 Å². The van der Waals surface area contributed by atoms with Crippen molar-refractivity contribution >= 4 is 23.2 Å². The molecule has 144 valence electrons.